The van der Waals surface area contributed by atoms with Crippen molar-refractivity contribution < 1.29 is 19.4 Å². The lowest BCUT2D eigenvalue weighted by atomic mass is 10.0. The molecule has 2 fully saturated rings. The van der Waals surface area contributed by atoms with E-state index in [1.165, 1.54) is 12.2 Å². The third kappa shape index (κ3) is 3.35. The van der Waals surface area contributed by atoms with Gasteiger partial charge < -0.3 is 14.7 Å². The van der Waals surface area contributed by atoms with Gasteiger partial charge in [-0.25, -0.2) is 4.79 Å². The zero-order chi connectivity index (χ0) is 12.3. The number of hydrogen-bond donors (Lipinski definition) is 1. The fourth-order valence-corrected chi connectivity index (χ4v) is 3.35. The van der Waals surface area contributed by atoms with Crippen LogP contribution in [0, 0.1) is 5.92 Å². The highest BCUT2D eigenvalue weighted by Crippen LogP contribution is 2.24. The summed E-state index contributed by atoms with van der Waals surface area (Å²) in [6.45, 7) is 0.769. The molecule has 0 aliphatic carbocycles. The Hall–Kier alpha value is -0.750. The third-order valence-electron chi connectivity index (χ3n) is 3.16. The number of ether oxygens (including phenoxy) is 1. The zero-order valence-corrected chi connectivity index (χ0v) is 10.4. The van der Waals surface area contributed by atoms with Gasteiger partial charge in [0.25, 0.3) is 0 Å². The molecule has 2 atom stereocenters. The van der Waals surface area contributed by atoms with Crippen LogP contribution in [0.1, 0.15) is 12.8 Å². The van der Waals surface area contributed by atoms with Crippen LogP contribution in [0.4, 0.5) is 0 Å². The van der Waals surface area contributed by atoms with Gasteiger partial charge in [0.15, 0.2) is 6.10 Å². The van der Waals surface area contributed by atoms with Gasteiger partial charge in [-0.05, 0) is 30.3 Å². The van der Waals surface area contributed by atoms with E-state index in [0.29, 0.717) is 12.5 Å². The van der Waals surface area contributed by atoms with Crippen molar-refractivity contribution in [2.24, 2.45) is 5.92 Å². The number of carbonyl (C=O) groups excluding carboxylic acids is 1. The number of carboxylic acid groups (broad SMARTS) is 1. The second kappa shape index (κ2) is 5.73. The summed E-state index contributed by atoms with van der Waals surface area (Å²) < 4.78 is 4.98. The van der Waals surface area contributed by atoms with Gasteiger partial charge in [0.05, 0.1) is 6.54 Å². The highest BCUT2D eigenvalue weighted by molar-refractivity contribution is 7.99. The summed E-state index contributed by atoms with van der Waals surface area (Å²) in [5, 5.41) is 8.88. The first kappa shape index (κ1) is 12.7. The topological polar surface area (TPSA) is 66.8 Å². The van der Waals surface area contributed by atoms with E-state index in [0.717, 1.165) is 12.2 Å². The van der Waals surface area contributed by atoms with Crippen LogP contribution in [0.5, 0.6) is 0 Å². The molecule has 0 aromatic rings. The zero-order valence-electron chi connectivity index (χ0n) is 9.63. The molecule has 96 valence electrons. The summed E-state index contributed by atoms with van der Waals surface area (Å²) in [7, 11) is 0. The molecule has 0 saturated carbocycles. The molecule has 1 amide bonds. The molecule has 17 heavy (non-hydrogen) atoms. The number of hydrogen-bond acceptors (Lipinski definition) is 4. The summed E-state index contributed by atoms with van der Waals surface area (Å²) in [6, 6.07) is 0. The number of rotatable bonds is 3. The van der Waals surface area contributed by atoms with E-state index in [9.17, 15) is 9.59 Å². The normalized spacial score (nSPS) is 30.4. The van der Waals surface area contributed by atoms with Crippen molar-refractivity contribution in [3.63, 3.8) is 0 Å². The third-order valence-corrected chi connectivity index (χ3v) is 4.44. The highest BCUT2D eigenvalue weighted by atomic mass is 32.2. The second-order valence-corrected chi connectivity index (χ2v) is 5.67. The van der Waals surface area contributed by atoms with Gasteiger partial charge in [-0.2, -0.15) is 11.8 Å². The lowest BCUT2D eigenvalue weighted by Gasteiger charge is -2.34. The number of aliphatic carboxylic acids is 1. The van der Waals surface area contributed by atoms with E-state index in [-0.39, 0.29) is 19.1 Å². The second-order valence-electron chi connectivity index (χ2n) is 4.52. The van der Waals surface area contributed by atoms with Crippen LogP contribution in [-0.4, -0.2) is 59.2 Å². The largest absolute Gasteiger partial charge is 0.479 e. The molecule has 5 nitrogen and oxygen atoms in total. The average Bonchev–Trinajstić information content (AvgIpc) is 2.33. The predicted octanol–water partition coefficient (Wildman–Crippen LogP) is 0.442. The Morgan fingerprint density at radius 1 is 1.59 bits per heavy atom. The standard InChI is InChI=1S/C11H17NO4S/c13-10-6-16-9(11(14)15)5-12(10)4-8-2-1-3-17-7-8/h8-9H,1-7H2,(H,14,15). The van der Waals surface area contributed by atoms with Gasteiger partial charge in [-0.1, -0.05) is 0 Å². The summed E-state index contributed by atoms with van der Waals surface area (Å²) in [4.78, 5) is 24.1. The number of nitrogens with zero attached hydrogens (tertiary/aromatic N) is 1. The molecule has 2 aliphatic heterocycles. The van der Waals surface area contributed by atoms with Gasteiger partial charge >= 0.3 is 5.97 Å². The van der Waals surface area contributed by atoms with Crippen molar-refractivity contribution in [3.05, 3.63) is 0 Å². The van der Waals surface area contributed by atoms with E-state index < -0.39 is 12.1 Å². The average molecular weight is 259 g/mol. The maximum atomic E-state index is 11.6. The van der Waals surface area contributed by atoms with Gasteiger partial charge in [-0.3, -0.25) is 4.79 Å². The number of carboxylic acids is 1. The lowest BCUT2D eigenvalue weighted by Crippen LogP contribution is -2.51. The van der Waals surface area contributed by atoms with Crippen molar-refractivity contribution in [1.82, 2.24) is 4.90 Å². The number of morpholine rings is 1. The fraction of sp³-hybridized carbons (Fsp3) is 0.818. The van der Waals surface area contributed by atoms with E-state index in [1.54, 1.807) is 4.90 Å². The predicted molar refractivity (Wildman–Crippen MR) is 64.0 cm³/mol. The molecule has 0 bridgehead atoms. The summed E-state index contributed by atoms with van der Waals surface area (Å²) >= 11 is 1.91. The minimum absolute atomic E-state index is 0.0851. The van der Waals surface area contributed by atoms with Gasteiger partial charge in [0.1, 0.15) is 6.61 Å². The molecule has 2 aliphatic rings. The monoisotopic (exact) mass is 259 g/mol. The summed E-state index contributed by atoms with van der Waals surface area (Å²) in [5.41, 5.74) is 0. The van der Waals surface area contributed by atoms with Crippen LogP contribution in [0.2, 0.25) is 0 Å². The Kier molecular flexibility index (Phi) is 4.28. The van der Waals surface area contributed by atoms with Crippen molar-refractivity contribution in [2.45, 2.75) is 18.9 Å². The highest BCUT2D eigenvalue weighted by Gasteiger charge is 2.32. The van der Waals surface area contributed by atoms with Crippen molar-refractivity contribution in [1.29, 1.82) is 0 Å². The molecule has 6 heteroatoms. The Bertz CT molecular complexity index is 304. The van der Waals surface area contributed by atoms with E-state index >= 15 is 0 Å². The van der Waals surface area contributed by atoms with Crippen LogP contribution in [0.15, 0.2) is 0 Å². The number of carbonyl (C=O) groups is 2. The van der Waals surface area contributed by atoms with Gasteiger partial charge in [0, 0.05) is 6.54 Å². The van der Waals surface area contributed by atoms with Crippen LogP contribution in [0.3, 0.4) is 0 Å². The van der Waals surface area contributed by atoms with Crippen LogP contribution in [-0.2, 0) is 14.3 Å². The number of thioether (sulfide) groups is 1. The van der Waals surface area contributed by atoms with Crippen molar-refractivity contribution >= 4 is 23.6 Å². The minimum Gasteiger partial charge on any atom is -0.479 e. The Balaban J connectivity index is 1.88. The van der Waals surface area contributed by atoms with Crippen LogP contribution < -0.4 is 0 Å². The quantitative estimate of drug-likeness (QED) is 0.796. The van der Waals surface area contributed by atoms with Crippen molar-refractivity contribution in [2.75, 3.05) is 31.2 Å². The SMILES string of the molecule is O=C(O)C1CN(CC2CCCSC2)C(=O)CO1. The first-order chi connectivity index (χ1) is 8.16. The van der Waals surface area contributed by atoms with E-state index in [2.05, 4.69) is 0 Å². The molecule has 2 unspecified atom stereocenters. The van der Waals surface area contributed by atoms with Crippen LogP contribution in [0.25, 0.3) is 0 Å². The summed E-state index contributed by atoms with van der Waals surface area (Å²) in [6.07, 6.45) is 1.47. The van der Waals surface area contributed by atoms with Crippen LogP contribution >= 0.6 is 11.8 Å². The molecule has 2 rings (SSSR count). The Morgan fingerprint density at radius 2 is 2.41 bits per heavy atom. The maximum absolute atomic E-state index is 11.6. The van der Waals surface area contributed by atoms with E-state index in [1.807, 2.05) is 11.8 Å². The lowest BCUT2D eigenvalue weighted by molar-refractivity contribution is -0.165. The maximum Gasteiger partial charge on any atom is 0.334 e. The smallest absolute Gasteiger partial charge is 0.334 e. The first-order valence-electron chi connectivity index (χ1n) is 5.86. The molecular weight excluding hydrogens is 242 g/mol. The number of amides is 1. The molecule has 2 heterocycles. The molecule has 0 aromatic heterocycles. The molecular formula is C11H17NO4S. The minimum atomic E-state index is -0.986. The molecule has 1 N–H and O–H groups in total. The molecule has 2 saturated heterocycles. The molecule has 0 radical (unpaired) electrons. The summed E-state index contributed by atoms with van der Waals surface area (Å²) in [5.74, 6) is 1.71. The Morgan fingerprint density at radius 3 is 3.06 bits per heavy atom. The first-order valence-corrected chi connectivity index (χ1v) is 7.02. The van der Waals surface area contributed by atoms with E-state index in [4.69, 9.17) is 9.84 Å². The van der Waals surface area contributed by atoms with Gasteiger partial charge in [-0.15, -0.1) is 0 Å². The van der Waals surface area contributed by atoms with Crippen molar-refractivity contribution in [3.8, 4) is 0 Å². The molecule has 0 aromatic carbocycles. The fourth-order valence-electron chi connectivity index (χ4n) is 2.21. The Labute approximate surface area is 104 Å². The molecule has 0 spiro atoms. The van der Waals surface area contributed by atoms with Gasteiger partial charge in [0.2, 0.25) is 5.91 Å².